The number of hydrogen-bond acceptors (Lipinski definition) is 2. The first-order valence-electron chi connectivity index (χ1n) is 7.17. The summed E-state index contributed by atoms with van der Waals surface area (Å²) in [5.74, 6) is 0. The molecule has 0 aliphatic rings. The van der Waals surface area contributed by atoms with Gasteiger partial charge in [-0.15, -0.1) is 0 Å². The largest absolute Gasteiger partial charge is 0.376 e. The summed E-state index contributed by atoms with van der Waals surface area (Å²) in [5.41, 5.74) is 1.02. The molecule has 0 saturated carbocycles. The lowest BCUT2D eigenvalue weighted by Crippen LogP contribution is -2.45. The number of rotatable bonds is 8. The van der Waals surface area contributed by atoms with E-state index < -0.39 is 0 Å². The molecule has 1 unspecified atom stereocenters. The molecule has 0 radical (unpaired) electrons. The van der Waals surface area contributed by atoms with Crippen molar-refractivity contribution in [3.63, 3.8) is 0 Å². The zero-order chi connectivity index (χ0) is 14.3. The minimum Gasteiger partial charge on any atom is -0.376 e. The van der Waals surface area contributed by atoms with Gasteiger partial charge in [0.1, 0.15) is 0 Å². The van der Waals surface area contributed by atoms with Gasteiger partial charge >= 0.3 is 0 Å². The summed E-state index contributed by atoms with van der Waals surface area (Å²) in [6, 6.07) is 8.25. The molecule has 2 nitrogen and oxygen atoms in total. The van der Waals surface area contributed by atoms with Gasteiger partial charge in [-0.1, -0.05) is 44.5 Å². The van der Waals surface area contributed by atoms with Gasteiger partial charge in [-0.05, 0) is 43.5 Å². The van der Waals surface area contributed by atoms with Gasteiger partial charge in [-0.25, -0.2) is 0 Å². The van der Waals surface area contributed by atoms with E-state index in [-0.39, 0.29) is 11.6 Å². The van der Waals surface area contributed by atoms with Crippen LogP contribution in [0.2, 0.25) is 5.02 Å². The first-order valence-corrected chi connectivity index (χ1v) is 7.55. The standard InChI is InChI=1S/C16H26ClNO/c1-5-11-18-15(16(6-2,7-3)19-4)13-9-8-10-14(17)12-13/h8-10,12,15,18H,5-7,11H2,1-4H3. The highest BCUT2D eigenvalue weighted by Crippen LogP contribution is 2.35. The molecule has 108 valence electrons. The first-order chi connectivity index (χ1) is 9.13. The maximum Gasteiger partial charge on any atom is 0.0867 e. The van der Waals surface area contributed by atoms with Crippen LogP contribution >= 0.6 is 11.6 Å². The topological polar surface area (TPSA) is 21.3 Å². The molecule has 1 aromatic rings. The third-order valence-corrected chi connectivity index (χ3v) is 4.15. The van der Waals surface area contributed by atoms with Crippen LogP contribution in [0.3, 0.4) is 0 Å². The summed E-state index contributed by atoms with van der Waals surface area (Å²) >= 11 is 6.13. The Bertz CT molecular complexity index is 369. The Morgan fingerprint density at radius 2 is 1.95 bits per heavy atom. The SMILES string of the molecule is CCCNC(c1cccc(Cl)c1)C(CC)(CC)OC. The first kappa shape index (κ1) is 16.5. The van der Waals surface area contributed by atoms with Crippen LogP contribution in [0.1, 0.15) is 51.6 Å². The van der Waals surface area contributed by atoms with Crippen molar-refractivity contribution in [2.75, 3.05) is 13.7 Å². The maximum absolute atomic E-state index is 6.13. The molecule has 0 heterocycles. The predicted octanol–water partition coefficient (Wildman–Crippen LogP) is 4.59. The highest BCUT2D eigenvalue weighted by atomic mass is 35.5. The summed E-state index contributed by atoms with van der Waals surface area (Å²) in [7, 11) is 1.80. The van der Waals surface area contributed by atoms with Crippen molar-refractivity contribution in [3.05, 3.63) is 34.9 Å². The predicted molar refractivity (Wildman–Crippen MR) is 82.8 cm³/mol. The van der Waals surface area contributed by atoms with Crippen molar-refractivity contribution in [1.29, 1.82) is 0 Å². The van der Waals surface area contributed by atoms with Crippen molar-refractivity contribution in [3.8, 4) is 0 Å². The highest BCUT2D eigenvalue weighted by Gasteiger charge is 2.36. The molecular formula is C16H26ClNO. The third-order valence-electron chi connectivity index (χ3n) is 3.91. The lowest BCUT2D eigenvalue weighted by atomic mass is 9.83. The number of methoxy groups -OCH3 is 1. The summed E-state index contributed by atoms with van der Waals surface area (Å²) in [6.45, 7) is 7.51. The molecule has 0 aromatic heterocycles. The van der Waals surface area contributed by atoms with Crippen LogP contribution in [0.5, 0.6) is 0 Å². The van der Waals surface area contributed by atoms with Crippen LogP contribution in [0.15, 0.2) is 24.3 Å². The fraction of sp³-hybridized carbons (Fsp3) is 0.625. The minimum absolute atomic E-state index is 0.172. The smallest absolute Gasteiger partial charge is 0.0867 e. The van der Waals surface area contributed by atoms with Crippen molar-refractivity contribution in [2.45, 2.75) is 51.7 Å². The van der Waals surface area contributed by atoms with E-state index in [9.17, 15) is 0 Å². The third kappa shape index (κ3) is 3.95. The van der Waals surface area contributed by atoms with Crippen LogP contribution in [0.25, 0.3) is 0 Å². The average molecular weight is 284 g/mol. The van der Waals surface area contributed by atoms with Gasteiger partial charge in [0.2, 0.25) is 0 Å². The van der Waals surface area contributed by atoms with Crippen LogP contribution in [0, 0.1) is 0 Å². The van der Waals surface area contributed by atoms with Crippen molar-refractivity contribution >= 4 is 11.6 Å². The van der Waals surface area contributed by atoms with Gasteiger partial charge in [-0.3, -0.25) is 0 Å². The van der Waals surface area contributed by atoms with Crippen LogP contribution in [-0.4, -0.2) is 19.3 Å². The van der Waals surface area contributed by atoms with E-state index in [4.69, 9.17) is 16.3 Å². The van der Waals surface area contributed by atoms with E-state index in [2.05, 4.69) is 32.2 Å². The molecule has 0 saturated heterocycles. The monoisotopic (exact) mass is 283 g/mol. The molecule has 0 spiro atoms. The summed E-state index contributed by atoms with van der Waals surface area (Å²) in [4.78, 5) is 0. The molecule has 0 aliphatic carbocycles. The normalized spacial score (nSPS) is 13.5. The van der Waals surface area contributed by atoms with Gasteiger partial charge in [0.25, 0.3) is 0 Å². The molecule has 1 rings (SSSR count). The molecule has 3 heteroatoms. The second kappa shape index (κ2) is 7.88. The van der Waals surface area contributed by atoms with Crippen LogP contribution in [-0.2, 0) is 4.74 Å². The second-order valence-corrected chi connectivity index (χ2v) is 5.35. The molecule has 1 atom stereocenters. The number of halogens is 1. The zero-order valence-corrected chi connectivity index (χ0v) is 13.3. The molecule has 0 aliphatic heterocycles. The van der Waals surface area contributed by atoms with Crippen molar-refractivity contribution in [2.24, 2.45) is 0 Å². The van der Waals surface area contributed by atoms with Crippen molar-refractivity contribution < 1.29 is 4.74 Å². The second-order valence-electron chi connectivity index (χ2n) is 4.92. The van der Waals surface area contributed by atoms with E-state index >= 15 is 0 Å². The molecule has 1 aromatic carbocycles. The Balaban J connectivity index is 3.12. The molecule has 0 bridgehead atoms. The molecule has 19 heavy (non-hydrogen) atoms. The van der Waals surface area contributed by atoms with E-state index in [1.807, 2.05) is 18.2 Å². The van der Waals surface area contributed by atoms with Crippen molar-refractivity contribution in [1.82, 2.24) is 5.32 Å². The van der Waals surface area contributed by atoms with Gasteiger partial charge in [0, 0.05) is 12.1 Å². The lowest BCUT2D eigenvalue weighted by Gasteiger charge is -2.39. The molecule has 0 amide bonds. The highest BCUT2D eigenvalue weighted by molar-refractivity contribution is 6.30. The van der Waals surface area contributed by atoms with Gasteiger partial charge in [-0.2, -0.15) is 0 Å². The van der Waals surface area contributed by atoms with E-state index in [0.29, 0.717) is 0 Å². The van der Waals surface area contributed by atoms with Gasteiger partial charge < -0.3 is 10.1 Å². The maximum atomic E-state index is 6.13. The van der Waals surface area contributed by atoms with E-state index in [1.165, 1.54) is 5.56 Å². The van der Waals surface area contributed by atoms with Gasteiger partial charge in [0.15, 0.2) is 0 Å². The Morgan fingerprint density at radius 1 is 1.26 bits per heavy atom. The summed E-state index contributed by atoms with van der Waals surface area (Å²) in [5, 5.41) is 4.40. The Labute approximate surface area is 122 Å². The summed E-state index contributed by atoms with van der Waals surface area (Å²) in [6.07, 6.45) is 3.03. The fourth-order valence-electron chi connectivity index (χ4n) is 2.65. The minimum atomic E-state index is -0.181. The zero-order valence-electron chi connectivity index (χ0n) is 12.5. The Hall–Kier alpha value is -0.570. The number of benzene rings is 1. The molecule has 1 N–H and O–H groups in total. The Morgan fingerprint density at radius 3 is 2.42 bits per heavy atom. The molecule has 0 fully saturated rings. The van der Waals surface area contributed by atoms with E-state index in [1.54, 1.807) is 7.11 Å². The van der Waals surface area contributed by atoms with Gasteiger partial charge in [0.05, 0.1) is 11.6 Å². The Kier molecular flexibility index (Phi) is 6.84. The number of hydrogen-bond donors (Lipinski definition) is 1. The quantitative estimate of drug-likeness (QED) is 0.754. The van der Waals surface area contributed by atoms with E-state index in [0.717, 1.165) is 30.8 Å². The van der Waals surface area contributed by atoms with Crippen LogP contribution < -0.4 is 5.32 Å². The summed E-state index contributed by atoms with van der Waals surface area (Å²) < 4.78 is 5.88. The molecular weight excluding hydrogens is 258 g/mol. The number of ether oxygens (including phenoxy) is 1. The van der Waals surface area contributed by atoms with Crippen LogP contribution in [0.4, 0.5) is 0 Å². The average Bonchev–Trinajstić information content (AvgIpc) is 2.44. The number of nitrogens with one attached hydrogen (secondary N) is 1. The lowest BCUT2D eigenvalue weighted by molar-refractivity contribution is -0.0485. The fourth-order valence-corrected chi connectivity index (χ4v) is 2.85.